The van der Waals surface area contributed by atoms with Gasteiger partial charge in [0.05, 0.1) is 17.9 Å². The number of hydrogen-bond acceptors (Lipinski definition) is 5. The van der Waals surface area contributed by atoms with Gasteiger partial charge in [-0.3, -0.25) is 9.59 Å². The van der Waals surface area contributed by atoms with E-state index in [0.717, 1.165) is 17.4 Å². The van der Waals surface area contributed by atoms with E-state index in [1.807, 2.05) is 37.4 Å². The molecule has 1 amide bonds. The van der Waals surface area contributed by atoms with Crippen molar-refractivity contribution in [2.24, 2.45) is 7.05 Å². The Hall–Kier alpha value is -3.46. The van der Waals surface area contributed by atoms with Crippen LogP contribution in [0.4, 0.5) is 10.1 Å². The average Bonchev–Trinajstić information content (AvgIpc) is 3.34. The number of aromatic nitrogens is 4. The van der Waals surface area contributed by atoms with Crippen LogP contribution in [0.2, 0.25) is 0 Å². The van der Waals surface area contributed by atoms with Crippen LogP contribution in [0, 0.1) is 5.82 Å². The first-order valence-electron chi connectivity index (χ1n) is 10.1. The van der Waals surface area contributed by atoms with E-state index in [4.69, 9.17) is 0 Å². The Morgan fingerprint density at radius 1 is 1.09 bits per heavy atom. The van der Waals surface area contributed by atoms with E-state index in [-0.39, 0.29) is 23.6 Å². The third-order valence-electron chi connectivity index (χ3n) is 5.15. The summed E-state index contributed by atoms with van der Waals surface area (Å²) in [5.74, 6) is -0.272. The standard InChI is InChI=1S/C23H22FN5O2S/c1-3-29-13-16(15-8-4-7-11-19(15)29)20(30)14-32-23-27-26-21(28(23)2)12-22(31)25-18-10-6-5-9-17(18)24/h4-11,13H,3,12,14H2,1-2H3,(H,25,31). The first-order chi connectivity index (χ1) is 15.5. The smallest absolute Gasteiger partial charge is 0.232 e. The van der Waals surface area contributed by atoms with Gasteiger partial charge >= 0.3 is 0 Å². The highest BCUT2D eigenvalue weighted by atomic mass is 32.2. The van der Waals surface area contributed by atoms with Crippen molar-refractivity contribution in [1.29, 1.82) is 0 Å². The Bertz CT molecular complexity index is 1300. The van der Waals surface area contributed by atoms with Crippen molar-refractivity contribution in [3.63, 3.8) is 0 Å². The second-order valence-electron chi connectivity index (χ2n) is 7.22. The normalized spacial score (nSPS) is 11.1. The lowest BCUT2D eigenvalue weighted by Gasteiger charge is -2.06. The molecule has 4 aromatic rings. The zero-order valence-electron chi connectivity index (χ0n) is 17.7. The summed E-state index contributed by atoms with van der Waals surface area (Å²) >= 11 is 1.27. The second-order valence-corrected chi connectivity index (χ2v) is 8.16. The van der Waals surface area contributed by atoms with Crippen molar-refractivity contribution in [3.05, 3.63) is 71.9 Å². The highest BCUT2D eigenvalue weighted by Crippen LogP contribution is 2.24. The molecule has 7 nitrogen and oxygen atoms in total. The van der Waals surface area contributed by atoms with Crippen LogP contribution >= 0.6 is 11.8 Å². The van der Waals surface area contributed by atoms with Crippen LogP contribution in [-0.2, 0) is 24.8 Å². The molecule has 2 aromatic carbocycles. The molecule has 0 aliphatic carbocycles. The van der Waals surface area contributed by atoms with E-state index in [9.17, 15) is 14.0 Å². The van der Waals surface area contributed by atoms with Gasteiger partial charge in [0.25, 0.3) is 0 Å². The maximum absolute atomic E-state index is 13.7. The number of amides is 1. The van der Waals surface area contributed by atoms with Crippen molar-refractivity contribution in [3.8, 4) is 0 Å². The molecule has 0 bridgehead atoms. The molecule has 1 N–H and O–H groups in total. The fourth-order valence-electron chi connectivity index (χ4n) is 3.46. The molecule has 0 aliphatic heterocycles. The summed E-state index contributed by atoms with van der Waals surface area (Å²) in [7, 11) is 1.74. The van der Waals surface area contributed by atoms with Gasteiger partial charge in [0.2, 0.25) is 5.91 Å². The number of halogens is 1. The molecule has 0 saturated heterocycles. The number of para-hydroxylation sites is 2. The zero-order chi connectivity index (χ0) is 22.7. The monoisotopic (exact) mass is 451 g/mol. The first kappa shape index (κ1) is 21.8. The number of carbonyl (C=O) groups excluding carboxylic acids is 2. The molecule has 2 heterocycles. The maximum Gasteiger partial charge on any atom is 0.232 e. The summed E-state index contributed by atoms with van der Waals surface area (Å²) in [5.41, 5.74) is 1.83. The minimum atomic E-state index is -0.502. The molecule has 4 rings (SSSR count). The highest BCUT2D eigenvalue weighted by Gasteiger charge is 2.18. The number of hydrogen-bond donors (Lipinski definition) is 1. The molecular weight excluding hydrogens is 429 g/mol. The Labute approximate surface area is 188 Å². The van der Waals surface area contributed by atoms with Gasteiger partial charge in [-0.05, 0) is 25.1 Å². The number of anilines is 1. The van der Waals surface area contributed by atoms with E-state index >= 15 is 0 Å². The van der Waals surface area contributed by atoms with Crippen molar-refractivity contribution in [2.45, 2.75) is 25.0 Å². The Kier molecular flexibility index (Phi) is 6.36. The van der Waals surface area contributed by atoms with Gasteiger partial charge < -0.3 is 14.5 Å². The number of aryl methyl sites for hydroxylation is 1. The number of benzene rings is 2. The number of rotatable bonds is 8. The predicted molar refractivity (Wildman–Crippen MR) is 122 cm³/mol. The molecule has 0 unspecified atom stereocenters. The number of ketones is 1. The fourth-order valence-corrected chi connectivity index (χ4v) is 4.28. The van der Waals surface area contributed by atoms with Crippen LogP contribution < -0.4 is 5.32 Å². The summed E-state index contributed by atoms with van der Waals surface area (Å²) in [6.07, 6.45) is 1.83. The number of thioether (sulfide) groups is 1. The molecule has 164 valence electrons. The minimum Gasteiger partial charge on any atom is -0.347 e. The van der Waals surface area contributed by atoms with Crippen molar-refractivity contribution in [1.82, 2.24) is 19.3 Å². The molecule has 32 heavy (non-hydrogen) atoms. The Morgan fingerprint density at radius 2 is 1.84 bits per heavy atom. The Morgan fingerprint density at radius 3 is 2.62 bits per heavy atom. The summed E-state index contributed by atoms with van der Waals surface area (Å²) in [5, 5.41) is 12.2. The van der Waals surface area contributed by atoms with Crippen LogP contribution in [0.25, 0.3) is 10.9 Å². The SMILES string of the molecule is CCn1cc(C(=O)CSc2nnc(CC(=O)Nc3ccccc3F)n2C)c2ccccc21. The van der Waals surface area contributed by atoms with Crippen molar-refractivity contribution >= 4 is 40.0 Å². The lowest BCUT2D eigenvalue weighted by molar-refractivity contribution is -0.115. The zero-order valence-corrected chi connectivity index (χ0v) is 18.5. The molecule has 0 fully saturated rings. The maximum atomic E-state index is 13.7. The topological polar surface area (TPSA) is 81.8 Å². The lowest BCUT2D eigenvalue weighted by atomic mass is 10.1. The van der Waals surface area contributed by atoms with E-state index in [1.54, 1.807) is 23.7 Å². The van der Waals surface area contributed by atoms with Gasteiger partial charge in [0.1, 0.15) is 11.6 Å². The summed E-state index contributed by atoms with van der Waals surface area (Å²) < 4.78 is 17.5. The van der Waals surface area contributed by atoms with Gasteiger partial charge in [-0.2, -0.15) is 0 Å². The van der Waals surface area contributed by atoms with E-state index in [2.05, 4.69) is 20.1 Å². The van der Waals surface area contributed by atoms with E-state index in [0.29, 0.717) is 16.5 Å². The average molecular weight is 452 g/mol. The van der Waals surface area contributed by atoms with Gasteiger partial charge in [-0.1, -0.05) is 42.1 Å². The molecule has 0 atom stereocenters. The molecule has 0 saturated carbocycles. The first-order valence-corrected chi connectivity index (χ1v) is 11.1. The van der Waals surface area contributed by atoms with E-state index in [1.165, 1.54) is 23.9 Å². The fraction of sp³-hybridized carbons (Fsp3) is 0.217. The lowest BCUT2D eigenvalue weighted by Crippen LogP contribution is -2.17. The third-order valence-corrected chi connectivity index (χ3v) is 6.17. The summed E-state index contributed by atoms with van der Waals surface area (Å²) in [6, 6.07) is 13.8. The summed E-state index contributed by atoms with van der Waals surface area (Å²) in [4.78, 5) is 25.2. The molecule has 9 heteroatoms. The van der Waals surface area contributed by atoms with Crippen LogP contribution in [-0.4, -0.2) is 36.8 Å². The quantitative estimate of drug-likeness (QED) is 0.322. The van der Waals surface area contributed by atoms with Crippen LogP contribution in [0.5, 0.6) is 0 Å². The van der Waals surface area contributed by atoms with Crippen LogP contribution in [0.3, 0.4) is 0 Å². The molecule has 0 aliphatic rings. The van der Waals surface area contributed by atoms with E-state index < -0.39 is 11.7 Å². The van der Waals surface area contributed by atoms with Crippen LogP contribution in [0.15, 0.2) is 59.9 Å². The van der Waals surface area contributed by atoms with Gasteiger partial charge in [0, 0.05) is 36.3 Å². The van der Waals surface area contributed by atoms with Gasteiger partial charge in [-0.25, -0.2) is 4.39 Å². The number of carbonyl (C=O) groups is 2. The minimum absolute atomic E-state index is 0.000228. The number of nitrogens with zero attached hydrogens (tertiary/aromatic N) is 4. The third kappa shape index (κ3) is 4.43. The van der Waals surface area contributed by atoms with Crippen molar-refractivity contribution in [2.75, 3.05) is 11.1 Å². The van der Waals surface area contributed by atoms with Crippen LogP contribution in [0.1, 0.15) is 23.1 Å². The molecule has 2 aromatic heterocycles. The number of Topliss-reactive ketones (excluding diaryl/α,β-unsaturated/α-hetero) is 1. The number of nitrogens with one attached hydrogen (secondary N) is 1. The number of fused-ring (bicyclic) bond motifs is 1. The Balaban J connectivity index is 1.42. The molecule has 0 radical (unpaired) electrons. The van der Waals surface area contributed by atoms with Gasteiger partial charge in [-0.15, -0.1) is 10.2 Å². The predicted octanol–water partition coefficient (Wildman–Crippen LogP) is 4.09. The highest BCUT2D eigenvalue weighted by molar-refractivity contribution is 7.99. The molecular formula is C23H22FN5O2S. The second kappa shape index (κ2) is 9.35. The summed E-state index contributed by atoms with van der Waals surface area (Å²) in [6.45, 7) is 2.82. The van der Waals surface area contributed by atoms with Crippen molar-refractivity contribution < 1.29 is 14.0 Å². The van der Waals surface area contributed by atoms with Gasteiger partial charge in [0.15, 0.2) is 10.9 Å². The molecule has 0 spiro atoms. The largest absolute Gasteiger partial charge is 0.347 e.